The Hall–Kier alpha value is -9.46. The van der Waals surface area contributed by atoms with Crippen LogP contribution in [0.15, 0.2) is 163 Å². The lowest BCUT2D eigenvalue weighted by molar-refractivity contribution is 0.101. The van der Waals surface area contributed by atoms with E-state index in [1.807, 2.05) is 54.6 Å². The van der Waals surface area contributed by atoms with Gasteiger partial charge in [-0.2, -0.15) is 0 Å². The molecule has 0 saturated carbocycles. The number of aromatic amines is 3. The fraction of sp³-hybridized carbons (Fsp3) is 0.315. The predicted octanol–water partition coefficient (Wildman–Crippen LogP) is 11.7. The van der Waals surface area contributed by atoms with E-state index in [0.717, 1.165) is 61.5 Å². The number of aromatic hydroxyl groups is 2. The van der Waals surface area contributed by atoms with E-state index in [1.54, 1.807) is 86.2 Å². The van der Waals surface area contributed by atoms with Gasteiger partial charge in [-0.25, -0.2) is 15.0 Å². The fourth-order valence-electron chi connectivity index (χ4n) is 14.0. The second kappa shape index (κ2) is 26.2. The molecule has 14 rings (SSSR count). The summed E-state index contributed by atoms with van der Waals surface area (Å²) in [6, 6.07) is 44.5. The maximum absolute atomic E-state index is 13.2. The summed E-state index contributed by atoms with van der Waals surface area (Å²) in [5, 5.41) is 27.3. The number of hydrogen-bond acceptors (Lipinski definition) is 13. The molecule has 2 atom stereocenters. The van der Waals surface area contributed by atoms with Crippen molar-refractivity contribution in [3.63, 3.8) is 0 Å². The maximum atomic E-state index is 13.2. The molecule has 4 aliphatic heterocycles. The minimum atomic E-state index is -0.216. The van der Waals surface area contributed by atoms with Gasteiger partial charge in [-0.05, 0) is 220 Å². The van der Waals surface area contributed by atoms with Crippen LogP contribution in [0, 0.1) is 10.8 Å². The molecule has 7 N–H and O–H groups in total. The molecule has 91 heavy (non-hydrogen) atoms. The molecule has 2 spiro atoms. The number of methoxy groups -OCH3 is 1. The maximum Gasteiger partial charge on any atom is 0.255 e. The van der Waals surface area contributed by atoms with Crippen LogP contribution in [0.4, 0.5) is 11.4 Å². The normalized spacial score (nSPS) is 18.6. The van der Waals surface area contributed by atoms with Crippen LogP contribution in [-0.4, -0.2) is 157 Å². The SMILES string of the molecule is CCN1CCC2(CCN(CCc3ccc(NC(=O)c4ccc5nc(-c6cc(-c7ccc[nH]c7=O)ccc6O)[nH]c5c4)cc3)C2)C1.CCN1CCC2(CCN(CCc3ccc(NC(=O)c4ccc5nc(-c6cc(-c7cccnc7OC)ccc6O)[nH]c5c4)cc3)C2)C1. The number of nitrogens with one attached hydrogen (secondary N) is 5. The average Bonchev–Trinajstić information content (AvgIpc) is 2.47. The second-order valence-corrected chi connectivity index (χ2v) is 25.2. The molecule has 4 fully saturated rings. The average molecular weight is 1220 g/mol. The minimum absolute atomic E-state index is 0.0352. The lowest BCUT2D eigenvalue weighted by Gasteiger charge is -2.24. The number of aromatic nitrogens is 6. The van der Waals surface area contributed by atoms with Gasteiger partial charge in [0, 0.05) is 85.3 Å². The van der Waals surface area contributed by atoms with Crippen molar-refractivity contribution in [2.45, 2.75) is 52.4 Å². The third kappa shape index (κ3) is 13.4. The number of carbonyl (C=O) groups is 2. The Morgan fingerprint density at radius 3 is 1.47 bits per heavy atom. The topological polar surface area (TPSA) is 224 Å². The van der Waals surface area contributed by atoms with E-state index in [1.165, 1.54) is 89.2 Å². The van der Waals surface area contributed by atoms with E-state index < -0.39 is 0 Å². The zero-order chi connectivity index (χ0) is 62.6. The lowest BCUT2D eigenvalue weighted by atomic mass is 9.86. The molecule has 4 aliphatic rings. The van der Waals surface area contributed by atoms with Gasteiger partial charge in [0.1, 0.15) is 23.1 Å². The molecule has 4 aromatic heterocycles. The zero-order valence-electron chi connectivity index (χ0n) is 51.9. The van der Waals surface area contributed by atoms with E-state index >= 15 is 0 Å². The number of imidazole rings is 2. The van der Waals surface area contributed by atoms with Crippen molar-refractivity contribution in [2.24, 2.45) is 10.8 Å². The first-order valence-electron chi connectivity index (χ1n) is 31.8. The predicted molar refractivity (Wildman–Crippen MR) is 359 cm³/mol. The number of anilines is 2. The number of fused-ring (bicyclic) bond motifs is 2. The zero-order valence-corrected chi connectivity index (χ0v) is 51.9. The summed E-state index contributed by atoms with van der Waals surface area (Å²) in [5.74, 6) is 1.16. The summed E-state index contributed by atoms with van der Waals surface area (Å²) in [7, 11) is 1.58. The van der Waals surface area contributed by atoms with Crippen LogP contribution < -0.4 is 20.9 Å². The number of benzene rings is 6. The first-order valence-corrected chi connectivity index (χ1v) is 31.8. The number of amides is 2. The Bertz CT molecular complexity index is 4330. The van der Waals surface area contributed by atoms with Gasteiger partial charge in [0.15, 0.2) is 0 Å². The van der Waals surface area contributed by atoms with Crippen LogP contribution in [0.5, 0.6) is 17.4 Å². The van der Waals surface area contributed by atoms with Crippen molar-refractivity contribution in [2.75, 3.05) is 96.3 Å². The van der Waals surface area contributed by atoms with Gasteiger partial charge in [0.2, 0.25) is 5.88 Å². The number of hydrogen-bond donors (Lipinski definition) is 7. The highest BCUT2D eigenvalue weighted by molar-refractivity contribution is 6.07. The molecule has 4 saturated heterocycles. The summed E-state index contributed by atoms with van der Waals surface area (Å²) < 4.78 is 5.42. The summed E-state index contributed by atoms with van der Waals surface area (Å²) >= 11 is 0. The number of rotatable bonds is 17. The largest absolute Gasteiger partial charge is 0.507 e. The third-order valence-electron chi connectivity index (χ3n) is 19.2. The van der Waals surface area contributed by atoms with Crippen molar-refractivity contribution in [1.82, 2.24) is 49.5 Å². The van der Waals surface area contributed by atoms with Crippen LogP contribution in [0.3, 0.4) is 0 Å². The van der Waals surface area contributed by atoms with Crippen LogP contribution in [0.1, 0.15) is 71.4 Å². The standard InChI is InChI=1S/C37H40N6O3.C36H38N6O3/c1-3-42-19-15-37(23-42)16-20-43(24-37)18-14-25-6-10-28(11-7-25)39-35(45)27-8-12-31-32(22-27)41-34(40-31)30-21-26(9-13-33(30)44)29-5-4-17-38-36(29)46-2;1-2-41-18-14-36(22-41)15-19-42(23-36)17-13-24-5-9-27(10-6-24)38-34(44)26-7-11-30-31(21-26)40-33(39-30)29-20-25(8-12-32(29)43)28-4-3-16-37-35(28)45/h4-13,17,21-22,44H,3,14-16,18-20,23-24H2,1-2H3,(H,39,45)(H,40,41);3-12,16,20-21,43H,2,13-15,17-19,22-23H2,1H3,(H,37,45)(H,38,44)(H,39,40). The number of phenolic OH excluding ortho intramolecular Hbond substituents is 2. The Labute approximate surface area is 529 Å². The molecule has 0 bridgehead atoms. The Balaban J connectivity index is 0.000000167. The second-order valence-electron chi connectivity index (χ2n) is 25.2. The highest BCUT2D eigenvalue weighted by Crippen LogP contribution is 2.42. The Morgan fingerprint density at radius 1 is 0.549 bits per heavy atom. The number of nitrogens with zero attached hydrogens (tertiary/aromatic N) is 7. The van der Waals surface area contributed by atoms with Crippen molar-refractivity contribution < 1.29 is 24.5 Å². The molecular weight excluding hydrogens is 1140 g/mol. The van der Waals surface area contributed by atoms with E-state index in [0.29, 0.717) is 83.8 Å². The van der Waals surface area contributed by atoms with Crippen molar-refractivity contribution in [1.29, 1.82) is 0 Å². The Kier molecular flexibility index (Phi) is 17.4. The first kappa shape index (κ1) is 60.5. The molecule has 10 aromatic rings. The van der Waals surface area contributed by atoms with Crippen LogP contribution >= 0.6 is 0 Å². The minimum Gasteiger partial charge on any atom is -0.507 e. The highest BCUT2D eigenvalue weighted by Gasteiger charge is 2.44. The molecule has 466 valence electrons. The van der Waals surface area contributed by atoms with Gasteiger partial charge in [-0.3, -0.25) is 14.4 Å². The van der Waals surface area contributed by atoms with Crippen molar-refractivity contribution >= 4 is 45.3 Å². The van der Waals surface area contributed by atoms with Crippen LogP contribution in [0.25, 0.3) is 67.1 Å². The fourth-order valence-corrected chi connectivity index (χ4v) is 14.0. The number of ether oxygens (including phenoxy) is 1. The van der Waals surface area contributed by atoms with Gasteiger partial charge < -0.3 is 60.1 Å². The molecule has 8 heterocycles. The van der Waals surface area contributed by atoms with E-state index in [4.69, 9.17) is 4.74 Å². The number of carbonyl (C=O) groups excluding carboxylic acids is 2. The highest BCUT2D eigenvalue weighted by atomic mass is 16.5. The number of likely N-dealkylation sites (tertiary alicyclic amines) is 4. The van der Waals surface area contributed by atoms with Gasteiger partial charge in [0.25, 0.3) is 17.4 Å². The van der Waals surface area contributed by atoms with Crippen molar-refractivity contribution in [3.05, 3.63) is 191 Å². The number of pyridine rings is 2. The first-order chi connectivity index (χ1) is 44.3. The smallest absolute Gasteiger partial charge is 0.255 e. The van der Waals surface area contributed by atoms with Crippen LogP contribution in [0.2, 0.25) is 0 Å². The van der Waals surface area contributed by atoms with Gasteiger partial charge in [0.05, 0.1) is 40.3 Å². The Morgan fingerprint density at radius 2 is 1.01 bits per heavy atom. The van der Waals surface area contributed by atoms with E-state index in [9.17, 15) is 24.6 Å². The molecular formula is C73H78N12O6. The van der Waals surface area contributed by atoms with E-state index in [-0.39, 0.29) is 28.9 Å². The quantitative estimate of drug-likeness (QED) is 0.0451. The monoisotopic (exact) mass is 1220 g/mol. The summed E-state index contributed by atoms with van der Waals surface area (Å²) in [4.78, 5) is 71.8. The number of H-pyrrole nitrogens is 3. The molecule has 0 radical (unpaired) electrons. The molecule has 2 amide bonds. The van der Waals surface area contributed by atoms with Gasteiger partial charge >= 0.3 is 0 Å². The van der Waals surface area contributed by atoms with Crippen molar-refractivity contribution in [3.8, 4) is 62.4 Å². The third-order valence-corrected chi connectivity index (χ3v) is 19.2. The van der Waals surface area contributed by atoms with E-state index in [2.05, 4.69) is 98.3 Å². The van der Waals surface area contributed by atoms with Crippen LogP contribution in [-0.2, 0) is 12.8 Å². The molecule has 6 aromatic carbocycles. The summed E-state index contributed by atoms with van der Waals surface area (Å²) in [5.41, 5.74) is 12.4. The molecule has 18 nitrogen and oxygen atoms in total. The van der Waals surface area contributed by atoms with Gasteiger partial charge in [-0.15, -0.1) is 0 Å². The molecule has 18 heteroatoms. The summed E-state index contributed by atoms with van der Waals surface area (Å²) in [6.07, 6.45) is 10.6. The summed E-state index contributed by atoms with van der Waals surface area (Å²) in [6.45, 7) is 18.8. The molecule has 0 aliphatic carbocycles. The molecule has 2 unspecified atom stereocenters. The van der Waals surface area contributed by atoms with Gasteiger partial charge in [-0.1, -0.05) is 50.2 Å². The lowest BCUT2D eigenvalue weighted by Crippen LogP contribution is -2.31. The number of phenols is 2.